The smallest absolute Gasteiger partial charge is 0.258 e. The van der Waals surface area contributed by atoms with Gasteiger partial charge >= 0.3 is 0 Å². The number of carbonyl (C=O) groups is 2. The molecule has 15 heteroatoms. The van der Waals surface area contributed by atoms with E-state index >= 15 is 0 Å². The third-order valence-corrected chi connectivity index (χ3v) is 12.4. The highest BCUT2D eigenvalue weighted by molar-refractivity contribution is 7.99. The van der Waals surface area contributed by atoms with Gasteiger partial charge in [-0.2, -0.15) is 0 Å². The van der Waals surface area contributed by atoms with Gasteiger partial charge in [0, 0.05) is 30.3 Å². The highest BCUT2D eigenvalue weighted by atomic mass is 32.3. The van der Waals surface area contributed by atoms with E-state index in [1.807, 2.05) is 43.5 Å². The van der Waals surface area contributed by atoms with Gasteiger partial charge in [0.15, 0.2) is 11.5 Å². The molecule has 290 valence electrons. The number of thioether (sulfide) groups is 1. The van der Waals surface area contributed by atoms with Gasteiger partial charge in [-0.3, -0.25) is 9.59 Å². The van der Waals surface area contributed by atoms with E-state index in [2.05, 4.69) is 22.5 Å². The lowest BCUT2D eigenvalue weighted by molar-refractivity contribution is -0.132. The molecule has 3 aromatic carbocycles. The van der Waals surface area contributed by atoms with Crippen molar-refractivity contribution in [1.29, 1.82) is 0 Å². The summed E-state index contributed by atoms with van der Waals surface area (Å²) >= 11 is 1.34. The number of ether oxygens (including phenoxy) is 1. The Bertz CT molecular complexity index is 1700. The number of para-hydroxylation sites is 1. The summed E-state index contributed by atoms with van der Waals surface area (Å²) in [5, 5.41) is 54.0. The van der Waals surface area contributed by atoms with Crippen LogP contribution in [0, 0.1) is 5.41 Å². The summed E-state index contributed by atoms with van der Waals surface area (Å²) in [4.78, 5) is 29.5. The van der Waals surface area contributed by atoms with Crippen molar-refractivity contribution in [3.8, 4) is 5.75 Å². The van der Waals surface area contributed by atoms with Gasteiger partial charge in [0.2, 0.25) is 5.91 Å². The molecule has 0 saturated heterocycles. The molecule has 53 heavy (non-hydrogen) atoms. The number of carbonyl (C=O) groups excluding carboxylic acids is 2. The number of hydrogen-bond donors (Lipinski definition) is 7. The Kier molecular flexibility index (Phi) is 15.3. The van der Waals surface area contributed by atoms with E-state index in [9.17, 15) is 38.8 Å². The number of nitrogens with one attached hydrogen (secondary N) is 2. The Labute approximate surface area is 316 Å². The van der Waals surface area contributed by atoms with E-state index in [0.717, 1.165) is 24.9 Å². The number of nitrogens with zero attached hydrogens (tertiary/aromatic N) is 1. The van der Waals surface area contributed by atoms with Crippen molar-refractivity contribution in [3.05, 3.63) is 78.4 Å². The molecular formula is C38H51N3O10S2. The van der Waals surface area contributed by atoms with Crippen LogP contribution >= 0.6 is 11.8 Å². The zero-order valence-electron chi connectivity index (χ0n) is 30.2. The van der Waals surface area contributed by atoms with E-state index in [4.69, 9.17) is 9.84 Å². The first-order valence-electron chi connectivity index (χ1n) is 17.6. The largest absolute Gasteiger partial charge is 0.610 e. The summed E-state index contributed by atoms with van der Waals surface area (Å²) in [7, 11) is -3.82. The van der Waals surface area contributed by atoms with Crippen LogP contribution in [0.25, 0.3) is 0 Å². The lowest BCUT2D eigenvalue weighted by Crippen LogP contribution is -2.51. The monoisotopic (exact) mass is 773 g/mol. The average molecular weight is 774 g/mol. The lowest BCUT2D eigenvalue weighted by atomic mass is 9.81. The number of aliphatic hydroxyl groups is 5. The van der Waals surface area contributed by atoms with Crippen molar-refractivity contribution >= 4 is 45.2 Å². The summed E-state index contributed by atoms with van der Waals surface area (Å²) in [6.07, 6.45) is -2.11. The molecule has 0 spiro atoms. The number of hydrogen-bond acceptors (Lipinski definition) is 12. The van der Waals surface area contributed by atoms with Gasteiger partial charge in [0.25, 0.3) is 5.91 Å². The van der Waals surface area contributed by atoms with Crippen molar-refractivity contribution in [1.82, 2.24) is 10.6 Å². The number of anilines is 2. The average Bonchev–Trinajstić information content (AvgIpc) is 3.27. The van der Waals surface area contributed by atoms with Gasteiger partial charge in [-0.15, -0.1) is 16.0 Å². The summed E-state index contributed by atoms with van der Waals surface area (Å²) in [6, 6.07) is 20.0. The van der Waals surface area contributed by atoms with Crippen molar-refractivity contribution in [3.63, 3.8) is 0 Å². The minimum Gasteiger partial charge on any atom is -0.610 e. The normalized spacial score (nSPS) is 21.3. The molecule has 4 rings (SSSR count). The van der Waals surface area contributed by atoms with Gasteiger partial charge in [-0.1, -0.05) is 75.2 Å². The fourth-order valence-corrected chi connectivity index (χ4v) is 9.15. The molecule has 7 N–H and O–H groups in total. The van der Waals surface area contributed by atoms with Crippen molar-refractivity contribution in [2.75, 3.05) is 43.2 Å². The quantitative estimate of drug-likeness (QED) is 0.0735. The number of aliphatic hydroxyl groups excluding tert-OH is 5. The molecule has 1 aliphatic heterocycles. The van der Waals surface area contributed by atoms with Crippen LogP contribution in [0.15, 0.2) is 82.6 Å². The SMILES string of the molecule is CCCCC1(CC)CN(c2ccccc2)c2cc(SC)c(OCC(=O)NC(C(=O)NC[C@@H](O)[C@@H](O)[C@H](O)[C@@H](O)CO)c3ccccc3)cc2[S+](=O)([O-])C1. The number of unbranched alkanes of at least 4 members (excludes halogenated alkanes) is 1. The molecule has 0 fully saturated rings. The Morgan fingerprint density at radius 3 is 2.25 bits per heavy atom. The van der Waals surface area contributed by atoms with E-state index < -0.39 is 77.7 Å². The third-order valence-electron chi connectivity index (χ3n) is 9.61. The number of sulfone groups is 1. The maximum absolute atomic E-state index is 14.2. The molecular weight excluding hydrogens is 723 g/mol. The first kappa shape index (κ1) is 42.2. The fourth-order valence-electron chi connectivity index (χ4n) is 6.42. The molecule has 0 bridgehead atoms. The lowest BCUT2D eigenvalue weighted by Gasteiger charge is -2.35. The summed E-state index contributed by atoms with van der Waals surface area (Å²) in [5.74, 6) is -1.29. The first-order chi connectivity index (χ1) is 25.3. The zero-order chi connectivity index (χ0) is 38.8. The van der Waals surface area contributed by atoms with Crippen LogP contribution in [0.3, 0.4) is 0 Å². The minimum atomic E-state index is -3.82. The molecule has 3 unspecified atom stereocenters. The van der Waals surface area contributed by atoms with Crippen LogP contribution in [-0.4, -0.2) is 105 Å². The summed E-state index contributed by atoms with van der Waals surface area (Å²) in [5.41, 5.74) is 1.31. The predicted molar refractivity (Wildman–Crippen MR) is 203 cm³/mol. The highest BCUT2D eigenvalue weighted by Gasteiger charge is 2.45. The molecule has 0 radical (unpaired) electrons. The molecule has 1 aliphatic rings. The second kappa shape index (κ2) is 19.2. The van der Waals surface area contributed by atoms with Crippen LogP contribution in [0.2, 0.25) is 0 Å². The molecule has 7 atom stereocenters. The van der Waals surface area contributed by atoms with Crippen molar-refractivity contribution < 1.29 is 48.6 Å². The van der Waals surface area contributed by atoms with E-state index in [1.54, 1.807) is 36.4 Å². The first-order valence-corrected chi connectivity index (χ1v) is 20.5. The number of fused-ring (bicyclic) bond motifs is 1. The van der Waals surface area contributed by atoms with Crippen LogP contribution < -0.4 is 20.3 Å². The Balaban J connectivity index is 1.58. The molecule has 3 aromatic rings. The van der Waals surface area contributed by atoms with Crippen LogP contribution in [0.4, 0.5) is 11.4 Å². The maximum atomic E-state index is 14.2. The predicted octanol–water partition coefficient (Wildman–Crippen LogP) is 2.92. The minimum absolute atomic E-state index is 0.0358. The number of amides is 2. The standard InChI is InChI=1S/C38H51N3O10S2/c1-4-6-17-38(5-2)23-41(26-15-11-8-12-16-26)27-18-31(52-3)30(19-32(27)53(49,50)24-38)51-22-33(45)40-34(25-13-9-7-10-14-25)37(48)39-20-28(43)35(46)36(47)29(44)21-42/h7-16,18-19,28-29,34-36,42-44,46-47H,4-6,17,20-24H2,1-3H3,(H2-,39,40,45,48,49,50)/t28-,29+,34?,35-,36-,38?/m1/s1. The number of benzene rings is 3. The Morgan fingerprint density at radius 1 is 1.00 bits per heavy atom. The van der Waals surface area contributed by atoms with E-state index in [1.165, 1.54) is 17.8 Å². The third kappa shape index (κ3) is 10.6. The Hall–Kier alpha value is -3.54. The van der Waals surface area contributed by atoms with Gasteiger partial charge in [-0.05, 0) is 42.9 Å². The van der Waals surface area contributed by atoms with Gasteiger partial charge < -0.3 is 50.4 Å². The molecule has 13 nitrogen and oxygen atoms in total. The molecule has 0 aromatic heterocycles. The number of rotatable bonds is 18. The molecule has 0 aliphatic carbocycles. The maximum Gasteiger partial charge on any atom is 0.258 e. The Morgan fingerprint density at radius 2 is 1.64 bits per heavy atom. The van der Waals surface area contributed by atoms with Gasteiger partial charge in [0.1, 0.15) is 35.9 Å². The molecule has 1 heterocycles. The zero-order valence-corrected chi connectivity index (χ0v) is 31.9. The van der Waals surface area contributed by atoms with Crippen LogP contribution in [-0.2, 0) is 24.0 Å². The summed E-state index contributed by atoms with van der Waals surface area (Å²) in [6.45, 7) is 2.67. The van der Waals surface area contributed by atoms with Crippen LogP contribution in [0.1, 0.15) is 51.1 Å². The highest BCUT2D eigenvalue weighted by Crippen LogP contribution is 2.48. The van der Waals surface area contributed by atoms with E-state index in [0.29, 0.717) is 29.1 Å². The topological polar surface area (TPSA) is 212 Å². The van der Waals surface area contributed by atoms with Gasteiger partial charge in [0.05, 0.1) is 33.5 Å². The van der Waals surface area contributed by atoms with Crippen molar-refractivity contribution in [2.24, 2.45) is 5.41 Å². The second-order valence-electron chi connectivity index (χ2n) is 13.4. The summed E-state index contributed by atoms with van der Waals surface area (Å²) < 4.78 is 34.4. The van der Waals surface area contributed by atoms with Gasteiger partial charge in [-0.25, -0.2) is 0 Å². The van der Waals surface area contributed by atoms with Crippen molar-refractivity contribution in [2.45, 2.75) is 79.8 Å². The fraction of sp³-hybridized carbons (Fsp3) is 0.474. The van der Waals surface area contributed by atoms with Crippen LogP contribution in [0.5, 0.6) is 5.75 Å². The molecule has 2 amide bonds. The molecule has 0 saturated carbocycles. The second-order valence-corrected chi connectivity index (χ2v) is 16.2. The van der Waals surface area contributed by atoms with E-state index in [-0.39, 0.29) is 16.4 Å².